The summed E-state index contributed by atoms with van der Waals surface area (Å²) in [4.78, 5) is 4.23. The summed E-state index contributed by atoms with van der Waals surface area (Å²) < 4.78 is 32.2. The molecule has 1 aromatic heterocycles. The molecule has 2 saturated heterocycles. The van der Waals surface area contributed by atoms with Gasteiger partial charge in [0.1, 0.15) is 0 Å². The van der Waals surface area contributed by atoms with Gasteiger partial charge in [0, 0.05) is 44.7 Å². The molecule has 0 spiro atoms. The van der Waals surface area contributed by atoms with Gasteiger partial charge in [-0.15, -0.1) is 10.2 Å². The Morgan fingerprint density at radius 2 is 1.40 bits per heavy atom. The van der Waals surface area contributed by atoms with E-state index in [1.54, 1.807) is 6.08 Å². The maximum absolute atomic E-state index is 12.7. The molecular formula is C21H27N5O3S. The monoisotopic (exact) mass is 429 g/mol. The number of sulfonamides is 1. The lowest BCUT2D eigenvalue weighted by atomic mass is 10.2. The molecule has 8 nitrogen and oxygen atoms in total. The lowest BCUT2D eigenvalue weighted by Gasteiger charge is -2.34. The van der Waals surface area contributed by atoms with Crippen LogP contribution in [0.5, 0.6) is 0 Å². The van der Waals surface area contributed by atoms with E-state index in [0.717, 1.165) is 35.9 Å². The Kier molecular flexibility index (Phi) is 6.31. The number of aromatic nitrogens is 2. The van der Waals surface area contributed by atoms with Crippen molar-refractivity contribution < 1.29 is 13.2 Å². The molecule has 0 bridgehead atoms. The molecule has 3 heterocycles. The molecule has 0 unspecified atom stereocenters. The topological polar surface area (TPSA) is 78.9 Å². The van der Waals surface area contributed by atoms with E-state index in [4.69, 9.17) is 4.74 Å². The van der Waals surface area contributed by atoms with Gasteiger partial charge in [-0.2, -0.15) is 4.31 Å². The third-order valence-corrected chi connectivity index (χ3v) is 6.97. The van der Waals surface area contributed by atoms with Crippen LogP contribution in [0.3, 0.4) is 0 Å². The van der Waals surface area contributed by atoms with Gasteiger partial charge in [-0.25, -0.2) is 8.42 Å². The molecule has 1 aromatic carbocycles. The Labute approximate surface area is 177 Å². The van der Waals surface area contributed by atoms with E-state index in [9.17, 15) is 8.42 Å². The number of hydrogen-bond acceptors (Lipinski definition) is 7. The van der Waals surface area contributed by atoms with Crippen LogP contribution in [0.1, 0.15) is 11.1 Å². The first-order valence-electron chi connectivity index (χ1n) is 10.2. The van der Waals surface area contributed by atoms with Crippen LogP contribution in [-0.4, -0.2) is 75.4 Å². The summed E-state index contributed by atoms with van der Waals surface area (Å²) in [6.07, 6.45) is 1.65. The van der Waals surface area contributed by atoms with Crippen molar-refractivity contribution in [3.8, 4) is 0 Å². The number of morpholine rings is 1. The fourth-order valence-electron chi connectivity index (χ4n) is 3.55. The largest absolute Gasteiger partial charge is 0.378 e. The van der Waals surface area contributed by atoms with E-state index in [-0.39, 0.29) is 0 Å². The Balaban J connectivity index is 1.34. The Morgan fingerprint density at radius 1 is 0.833 bits per heavy atom. The van der Waals surface area contributed by atoms with Crippen LogP contribution < -0.4 is 9.80 Å². The minimum Gasteiger partial charge on any atom is -0.378 e. The number of rotatable bonds is 5. The fourth-order valence-corrected chi connectivity index (χ4v) is 4.72. The van der Waals surface area contributed by atoms with Crippen LogP contribution in [0, 0.1) is 6.92 Å². The second-order valence-corrected chi connectivity index (χ2v) is 9.31. The van der Waals surface area contributed by atoms with Crippen molar-refractivity contribution in [3.63, 3.8) is 0 Å². The fraction of sp³-hybridized carbons (Fsp3) is 0.429. The maximum atomic E-state index is 12.7. The van der Waals surface area contributed by atoms with Crippen molar-refractivity contribution in [1.29, 1.82) is 0 Å². The Hall–Kier alpha value is -2.49. The van der Waals surface area contributed by atoms with E-state index < -0.39 is 10.0 Å². The van der Waals surface area contributed by atoms with Gasteiger partial charge in [0.05, 0.1) is 13.2 Å². The molecule has 160 valence electrons. The van der Waals surface area contributed by atoms with Crippen LogP contribution in [0.25, 0.3) is 6.08 Å². The van der Waals surface area contributed by atoms with Crippen molar-refractivity contribution in [1.82, 2.24) is 14.5 Å². The van der Waals surface area contributed by atoms with Gasteiger partial charge >= 0.3 is 0 Å². The van der Waals surface area contributed by atoms with Crippen molar-refractivity contribution in [3.05, 3.63) is 52.9 Å². The maximum Gasteiger partial charge on any atom is 0.236 e. The van der Waals surface area contributed by atoms with E-state index in [2.05, 4.69) is 20.0 Å². The molecule has 2 fully saturated rings. The summed E-state index contributed by atoms with van der Waals surface area (Å²) in [5, 5.41) is 10.0. The number of anilines is 2. The van der Waals surface area contributed by atoms with Gasteiger partial charge in [-0.1, -0.05) is 29.8 Å². The van der Waals surface area contributed by atoms with E-state index in [1.807, 2.05) is 43.3 Å². The third-order valence-electron chi connectivity index (χ3n) is 5.40. The Bertz CT molecular complexity index is 963. The zero-order valence-corrected chi connectivity index (χ0v) is 18.0. The van der Waals surface area contributed by atoms with Crippen molar-refractivity contribution in [2.45, 2.75) is 6.92 Å². The van der Waals surface area contributed by atoms with Gasteiger partial charge in [0.2, 0.25) is 10.0 Å². The van der Waals surface area contributed by atoms with Crippen LogP contribution in [0.2, 0.25) is 0 Å². The molecule has 0 aliphatic carbocycles. The molecule has 2 aliphatic rings. The zero-order valence-electron chi connectivity index (χ0n) is 17.1. The summed E-state index contributed by atoms with van der Waals surface area (Å²) >= 11 is 0. The van der Waals surface area contributed by atoms with Crippen molar-refractivity contribution in [2.24, 2.45) is 0 Å². The highest BCUT2D eigenvalue weighted by Gasteiger charge is 2.26. The predicted molar refractivity (Wildman–Crippen MR) is 118 cm³/mol. The van der Waals surface area contributed by atoms with Crippen molar-refractivity contribution >= 4 is 27.7 Å². The smallest absolute Gasteiger partial charge is 0.236 e. The normalized spacial score (nSPS) is 18.8. The van der Waals surface area contributed by atoms with Gasteiger partial charge in [0.25, 0.3) is 0 Å². The molecule has 0 N–H and O–H groups in total. The van der Waals surface area contributed by atoms with Crippen LogP contribution in [0.4, 0.5) is 11.6 Å². The Morgan fingerprint density at radius 3 is 1.97 bits per heavy atom. The minimum atomic E-state index is -3.45. The molecule has 2 aromatic rings. The number of aryl methyl sites for hydroxylation is 1. The van der Waals surface area contributed by atoms with E-state index in [0.29, 0.717) is 39.4 Å². The summed E-state index contributed by atoms with van der Waals surface area (Å²) in [5.41, 5.74) is 2.02. The first kappa shape index (κ1) is 20.8. The summed E-state index contributed by atoms with van der Waals surface area (Å²) in [7, 11) is -3.45. The van der Waals surface area contributed by atoms with Crippen LogP contribution in [0.15, 0.2) is 41.8 Å². The molecule has 9 heteroatoms. The van der Waals surface area contributed by atoms with Crippen molar-refractivity contribution in [2.75, 3.05) is 62.3 Å². The second kappa shape index (κ2) is 9.11. The molecule has 30 heavy (non-hydrogen) atoms. The van der Waals surface area contributed by atoms with E-state index >= 15 is 0 Å². The molecule has 4 rings (SSSR count). The number of piperazine rings is 1. The lowest BCUT2D eigenvalue weighted by molar-refractivity contribution is 0.122. The average Bonchev–Trinajstić information content (AvgIpc) is 2.80. The van der Waals surface area contributed by atoms with Gasteiger partial charge in [-0.3, -0.25) is 0 Å². The zero-order chi connectivity index (χ0) is 21.0. The van der Waals surface area contributed by atoms with Gasteiger partial charge in [-0.05, 0) is 30.7 Å². The molecule has 2 aliphatic heterocycles. The number of benzene rings is 1. The predicted octanol–water partition coefficient (Wildman–Crippen LogP) is 1.74. The second-order valence-electron chi connectivity index (χ2n) is 7.49. The molecule has 0 atom stereocenters. The van der Waals surface area contributed by atoms with Gasteiger partial charge in [0.15, 0.2) is 11.6 Å². The average molecular weight is 430 g/mol. The first-order valence-corrected chi connectivity index (χ1v) is 11.7. The van der Waals surface area contributed by atoms with Gasteiger partial charge < -0.3 is 14.5 Å². The summed E-state index contributed by atoms with van der Waals surface area (Å²) in [5.74, 6) is 1.63. The highest BCUT2D eigenvalue weighted by molar-refractivity contribution is 7.92. The molecular weight excluding hydrogens is 402 g/mol. The SMILES string of the molecule is Cc1ccc(/C=C/S(=O)(=O)N2CCN(c3ccc(N4CCOCC4)nn3)CC2)cc1. The number of hydrogen-bond donors (Lipinski definition) is 0. The summed E-state index contributed by atoms with van der Waals surface area (Å²) in [6.45, 7) is 7.08. The van der Waals surface area contributed by atoms with E-state index in [1.165, 1.54) is 9.71 Å². The molecule has 0 amide bonds. The highest BCUT2D eigenvalue weighted by Crippen LogP contribution is 2.19. The van der Waals surface area contributed by atoms with Crippen LogP contribution in [-0.2, 0) is 14.8 Å². The van der Waals surface area contributed by atoms with Crippen LogP contribution >= 0.6 is 0 Å². The highest BCUT2D eigenvalue weighted by atomic mass is 32.2. The standard InChI is InChI=1S/C21H27N5O3S/c1-18-2-4-19(5-3-18)8-17-30(27,28)26-11-9-24(10-12-26)20-6-7-21(23-22-20)25-13-15-29-16-14-25/h2-8,17H,9-16H2,1H3/b17-8+. The third kappa shape index (κ3) is 4.97. The lowest BCUT2D eigenvalue weighted by Crippen LogP contribution is -2.48. The quantitative estimate of drug-likeness (QED) is 0.716. The molecule has 0 radical (unpaired) electrons. The summed E-state index contributed by atoms with van der Waals surface area (Å²) in [6, 6.07) is 11.7. The first-order chi connectivity index (χ1) is 14.5. The number of nitrogens with zero attached hydrogens (tertiary/aromatic N) is 5. The number of ether oxygens (including phenoxy) is 1. The molecule has 0 saturated carbocycles. The minimum absolute atomic E-state index is 0.424.